The molecule has 7 nitrogen and oxygen atoms in total. The van der Waals surface area contributed by atoms with Crippen LogP contribution in [-0.2, 0) is 19.0 Å². The second kappa shape index (κ2) is 8.67. The first-order valence-electron chi connectivity index (χ1n) is 12.2. The molecule has 0 fully saturated rings. The van der Waals surface area contributed by atoms with Crippen LogP contribution in [0.2, 0.25) is 0 Å². The SMILES string of the molecule is CCCCC1(c2cnn(C)c2)N[C@@H](c2nnc(-c3ccc(F)cc3)[nH]2)Cc2c1[nH]c1cc(F)ccc21. The third-order valence-electron chi connectivity index (χ3n) is 7.18. The number of nitrogens with zero attached hydrogens (tertiary/aromatic N) is 4. The van der Waals surface area contributed by atoms with Gasteiger partial charge >= 0.3 is 0 Å². The molecule has 2 aromatic carbocycles. The lowest BCUT2D eigenvalue weighted by Gasteiger charge is -2.41. The number of hydrogen-bond acceptors (Lipinski definition) is 4. The summed E-state index contributed by atoms with van der Waals surface area (Å²) in [5, 5.41) is 18.2. The van der Waals surface area contributed by atoms with Crippen molar-refractivity contribution in [3.8, 4) is 11.4 Å². The minimum atomic E-state index is -0.569. The fourth-order valence-corrected chi connectivity index (χ4v) is 5.42. The lowest BCUT2D eigenvalue weighted by molar-refractivity contribution is 0.279. The molecular formula is C27H27F2N7. The molecule has 0 spiro atoms. The van der Waals surface area contributed by atoms with Crippen molar-refractivity contribution >= 4 is 10.9 Å². The zero-order chi connectivity index (χ0) is 24.9. The molecule has 3 aromatic heterocycles. The van der Waals surface area contributed by atoms with Gasteiger partial charge in [0.25, 0.3) is 0 Å². The van der Waals surface area contributed by atoms with E-state index in [9.17, 15) is 8.78 Å². The highest BCUT2D eigenvalue weighted by molar-refractivity contribution is 5.86. The summed E-state index contributed by atoms with van der Waals surface area (Å²) in [6.45, 7) is 2.17. The third-order valence-corrected chi connectivity index (χ3v) is 7.18. The summed E-state index contributed by atoms with van der Waals surface area (Å²) in [6.07, 6.45) is 7.40. The average Bonchev–Trinajstić information content (AvgIpc) is 3.61. The number of benzene rings is 2. The first-order chi connectivity index (χ1) is 17.5. The minimum absolute atomic E-state index is 0.180. The van der Waals surface area contributed by atoms with E-state index in [0.717, 1.165) is 52.5 Å². The van der Waals surface area contributed by atoms with Gasteiger partial charge < -0.3 is 9.97 Å². The molecule has 0 bridgehead atoms. The second-order valence-corrected chi connectivity index (χ2v) is 9.55. The fourth-order valence-electron chi connectivity index (χ4n) is 5.42. The smallest absolute Gasteiger partial charge is 0.161 e. The maximum Gasteiger partial charge on any atom is 0.161 e. The van der Waals surface area contributed by atoms with Crippen LogP contribution in [0.4, 0.5) is 8.78 Å². The van der Waals surface area contributed by atoms with Crippen LogP contribution in [-0.4, -0.2) is 29.9 Å². The number of hydrogen-bond donors (Lipinski definition) is 3. The lowest BCUT2D eigenvalue weighted by Crippen LogP contribution is -2.50. The Bertz CT molecular complexity index is 1530. The van der Waals surface area contributed by atoms with E-state index in [2.05, 4.69) is 37.5 Å². The Morgan fingerprint density at radius 1 is 1.06 bits per heavy atom. The van der Waals surface area contributed by atoms with Gasteiger partial charge in [-0.05, 0) is 60.9 Å². The fraction of sp³-hybridized carbons (Fsp3) is 0.296. The van der Waals surface area contributed by atoms with E-state index in [4.69, 9.17) is 0 Å². The van der Waals surface area contributed by atoms with Gasteiger partial charge in [0, 0.05) is 41.0 Å². The summed E-state index contributed by atoms with van der Waals surface area (Å²) in [5.41, 5.74) is 4.18. The van der Waals surface area contributed by atoms with Crippen LogP contribution in [0.3, 0.4) is 0 Å². The van der Waals surface area contributed by atoms with Crippen molar-refractivity contribution in [2.75, 3.05) is 0 Å². The Labute approximate surface area is 207 Å². The zero-order valence-corrected chi connectivity index (χ0v) is 20.1. The van der Waals surface area contributed by atoms with Crippen LogP contribution >= 0.6 is 0 Å². The molecule has 0 saturated heterocycles. The number of nitrogens with one attached hydrogen (secondary N) is 3. The molecule has 3 N–H and O–H groups in total. The molecule has 0 radical (unpaired) electrons. The van der Waals surface area contributed by atoms with Crippen molar-refractivity contribution in [2.45, 2.75) is 44.2 Å². The predicted molar refractivity (Wildman–Crippen MR) is 133 cm³/mol. The number of aromatic amines is 2. The van der Waals surface area contributed by atoms with Gasteiger partial charge in [0.05, 0.1) is 17.8 Å². The van der Waals surface area contributed by atoms with E-state index in [1.165, 1.54) is 18.2 Å². The van der Waals surface area contributed by atoms with E-state index >= 15 is 0 Å². The maximum atomic E-state index is 14.2. The monoisotopic (exact) mass is 487 g/mol. The van der Waals surface area contributed by atoms with Crippen molar-refractivity contribution in [3.63, 3.8) is 0 Å². The number of aromatic nitrogens is 6. The number of rotatable bonds is 6. The Kier molecular flexibility index (Phi) is 5.44. The normalized spacial score (nSPS) is 19.6. The minimum Gasteiger partial charge on any atom is -0.356 e. The first kappa shape index (κ1) is 22.6. The van der Waals surface area contributed by atoms with E-state index in [-0.39, 0.29) is 17.7 Å². The van der Waals surface area contributed by atoms with Gasteiger partial charge in [-0.1, -0.05) is 19.8 Å². The number of H-pyrrole nitrogens is 2. The summed E-state index contributed by atoms with van der Waals surface area (Å²) in [5.74, 6) is 0.707. The topological polar surface area (TPSA) is 87.2 Å². The highest BCUT2D eigenvalue weighted by atomic mass is 19.1. The molecule has 0 saturated carbocycles. The Hall–Kier alpha value is -3.85. The molecule has 1 aliphatic rings. The van der Waals surface area contributed by atoms with Crippen molar-refractivity contribution in [3.05, 3.63) is 89.1 Å². The van der Waals surface area contributed by atoms with Crippen molar-refractivity contribution in [1.29, 1.82) is 0 Å². The van der Waals surface area contributed by atoms with Gasteiger partial charge in [-0.2, -0.15) is 5.10 Å². The molecule has 0 aliphatic carbocycles. The van der Waals surface area contributed by atoms with Crippen molar-refractivity contribution < 1.29 is 8.78 Å². The van der Waals surface area contributed by atoms with Crippen molar-refractivity contribution in [2.24, 2.45) is 7.05 Å². The summed E-state index contributed by atoms with van der Waals surface area (Å²) in [7, 11) is 1.91. The molecular weight excluding hydrogens is 460 g/mol. The Balaban J connectivity index is 1.50. The highest BCUT2D eigenvalue weighted by Gasteiger charge is 2.45. The first-order valence-corrected chi connectivity index (χ1v) is 12.2. The molecule has 36 heavy (non-hydrogen) atoms. The molecule has 5 aromatic rings. The van der Waals surface area contributed by atoms with Gasteiger partial charge in [-0.3, -0.25) is 10.00 Å². The quantitative estimate of drug-likeness (QED) is 0.304. The van der Waals surface area contributed by atoms with Crippen LogP contribution < -0.4 is 5.32 Å². The zero-order valence-electron chi connectivity index (χ0n) is 20.1. The van der Waals surface area contributed by atoms with E-state index in [1.807, 2.05) is 25.5 Å². The highest BCUT2D eigenvalue weighted by Crippen LogP contribution is 2.45. The van der Waals surface area contributed by atoms with Gasteiger partial charge in [0.1, 0.15) is 17.5 Å². The average molecular weight is 488 g/mol. The molecule has 1 unspecified atom stereocenters. The maximum absolute atomic E-state index is 14.2. The molecule has 9 heteroatoms. The Morgan fingerprint density at radius 2 is 1.86 bits per heavy atom. The third kappa shape index (κ3) is 3.71. The second-order valence-electron chi connectivity index (χ2n) is 9.55. The molecule has 184 valence electrons. The lowest BCUT2D eigenvalue weighted by atomic mass is 9.76. The van der Waals surface area contributed by atoms with Gasteiger partial charge in [0.15, 0.2) is 5.82 Å². The number of aryl methyl sites for hydroxylation is 1. The van der Waals surface area contributed by atoms with Gasteiger partial charge in [-0.15, -0.1) is 10.2 Å². The largest absolute Gasteiger partial charge is 0.356 e. The van der Waals surface area contributed by atoms with Crippen molar-refractivity contribution in [1.82, 2.24) is 35.3 Å². The number of halogens is 2. The molecule has 2 atom stereocenters. The van der Waals surface area contributed by atoms with Crippen LogP contribution in [0.15, 0.2) is 54.9 Å². The van der Waals surface area contributed by atoms with E-state index in [1.54, 1.807) is 22.9 Å². The number of unbranched alkanes of at least 4 members (excludes halogenated alkanes) is 1. The van der Waals surface area contributed by atoms with Gasteiger partial charge in [-0.25, -0.2) is 8.78 Å². The summed E-state index contributed by atoms with van der Waals surface area (Å²) in [4.78, 5) is 6.90. The van der Waals surface area contributed by atoms with E-state index < -0.39 is 5.54 Å². The predicted octanol–water partition coefficient (Wildman–Crippen LogP) is 5.29. The molecule has 6 rings (SSSR count). The summed E-state index contributed by atoms with van der Waals surface area (Å²) in [6, 6.07) is 10.9. The van der Waals surface area contributed by atoms with Crippen LogP contribution in [0.1, 0.15) is 54.9 Å². The van der Waals surface area contributed by atoms with Crippen LogP contribution in [0, 0.1) is 11.6 Å². The Morgan fingerprint density at radius 3 is 2.61 bits per heavy atom. The summed E-state index contributed by atoms with van der Waals surface area (Å²) < 4.78 is 29.4. The number of fused-ring (bicyclic) bond motifs is 3. The molecule has 0 amide bonds. The molecule has 4 heterocycles. The standard InChI is InChI=1S/C27H27F2N7/c1-3-4-11-27(17-14-30-36(2)15-17)24-21(20-10-9-19(29)12-22(20)31-24)13-23(33-27)26-32-25(34-35-26)16-5-7-18(28)8-6-16/h5-10,12,14-15,23,31,33H,3-4,11,13H2,1-2H3,(H,32,34,35)/t23-,27?/m1/s1. The van der Waals surface area contributed by atoms with Gasteiger partial charge in [0.2, 0.25) is 0 Å². The summed E-state index contributed by atoms with van der Waals surface area (Å²) >= 11 is 0. The van der Waals surface area contributed by atoms with Crippen LogP contribution in [0.25, 0.3) is 22.3 Å². The molecule has 1 aliphatic heterocycles. The van der Waals surface area contributed by atoms with Crippen LogP contribution in [0.5, 0.6) is 0 Å². The van der Waals surface area contributed by atoms with E-state index in [0.29, 0.717) is 18.1 Å².